The fourth-order valence-electron chi connectivity index (χ4n) is 3.96. The monoisotopic (exact) mass is 621 g/mol. The number of nitrogens with one attached hydrogen (secondary N) is 1. The lowest BCUT2D eigenvalue weighted by molar-refractivity contribution is 0.0603. The Hall–Kier alpha value is -2.89. The third kappa shape index (κ3) is 8.58. The molecule has 0 aliphatic rings. The zero-order valence-corrected chi connectivity index (χ0v) is 23.1. The molecule has 3 aromatic rings. The van der Waals surface area contributed by atoms with E-state index in [1.54, 1.807) is 33.2 Å². The second-order valence-electron chi connectivity index (χ2n) is 9.17. The number of aliphatic hydroxyl groups is 1. The Bertz CT molecular complexity index is 1250. The van der Waals surface area contributed by atoms with Gasteiger partial charge >= 0.3 is 0 Å². The van der Waals surface area contributed by atoms with Crippen LogP contribution in [0.4, 0.5) is 8.78 Å². The van der Waals surface area contributed by atoms with Crippen molar-refractivity contribution in [3.8, 4) is 0 Å². The minimum atomic E-state index is -0.946. The number of halogens is 3. The molecular weight excluding hydrogens is 591 g/mol. The topological polar surface area (TPSA) is 72.9 Å². The quantitative estimate of drug-likeness (QED) is 0.330. The lowest BCUT2D eigenvalue weighted by Gasteiger charge is -2.26. The standard InChI is InChI=1S/C28H30F2IN3O3/c1-18-7-21(27(36)33(2)3)12-22(8-18)28(37)34(16-20-9-23(29)13-24(30)10-20)17-26(35)15-32-14-19-5-4-6-25(31)11-19/h4-13,26,32,35H,14-17H2,1-3H3. The van der Waals surface area contributed by atoms with Gasteiger partial charge < -0.3 is 20.2 Å². The Labute approximate surface area is 229 Å². The van der Waals surface area contributed by atoms with E-state index in [4.69, 9.17) is 0 Å². The summed E-state index contributed by atoms with van der Waals surface area (Å²) in [5.41, 5.74) is 2.63. The molecule has 6 nitrogen and oxygen atoms in total. The summed E-state index contributed by atoms with van der Waals surface area (Å²) < 4.78 is 28.8. The largest absolute Gasteiger partial charge is 0.390 e. The fourth-order valence-corrected chi connectivity index (χ4v) is 4.57. The lowest BCUT2D eigenvalue weighted by atomic mass is 10.0. The zero-order valence-electron chi connectivity index (χ0n) is 21.0. The molecular formula is C28H30F2IN3O3. The summed E-state index contributed by atoms with van der Waals surface area (Å²) in [7, 11) is 3.24. The molecule has 2 amide bonds. The maximum atomic E-state index is 13.8. The van der Waals surface area contributed by atoms with Crippen LogP contribution in [0.15, 0.2) is 60.7 Å². The summed E-state index contributed by atoms with van der Waals surface area (Å²) in [4.78, 5) is 28.8. The maximum absolute atomic E-state index is 13.8. The molecule has 0 fully saturated rings. The number of carbonyl (C=O) groups is 2. The van der Waals surface area contributed by atoms with E-state index in [2.05, 4.69) is 27.9 Å². The molecule has 1 unspecified atom stereocenters. The van der Waals surface area contributed by atoms with Gasteiger partial charge in [0.05, 0.1) is 6.10 Å². The summed E-state index contributed by atoms with van der Waals surface area (Å²) >= 11 is 2.23. The van der Waals surface area contributed by atoms with E-state index in [-0.39, 0.29) is 36.7 Å². The number of nitrogens with zero attached hydrogens (tertiary/aromatic N) is 2. The lowest BCUT2D eigenvalue weighted by Crippen LogP contribution is -2.41. The number of aryl methyl sites for hydroxylation is 1. The zero-order chi connectivity index (χ0) is 27.1. The number of aliphatic hydroxyl groups excluding tert-OH is 1. The van der Waals surface area contributed by atoms with Crippen LogP contribution in [-0.2, 0) is 13.1 Å². The van der Waals surface area contributed by atoms with Gasteiger partial charge in [0, 0.05) is 61.0 Å². The first-order valence-corrected chi connectivity index (χ1v) is 12.8. The van der Waals surface area contributed by atoms with Crippen molar-refractivity contribution in [3.05, 3.63) is 104 Å². The van der Waals surface area contributed by atoms with Crippen molar-refractivity contribution < 1.29 is 23.5 Å². The van der Waals surface area contributed by atoms with Gasteiger partial charge in [0.2, 0.25) is 0 Å². The molecule has 0 saturated carbocycles. The predicted octanol–water partition coefficient (Wildman–Crippen LogP) is 4.37. The molecule has 9 heteroatoms. The van der Waals surface area contributed by atoms with Crippen LogP contribution in [0, 0.1) is 22.1 Å². The number of rotatable bonds is 10. The first-order chi connectivity index (χ1) is 17.5. The number of amides is 2. The molecule has 1 atom stereocenters. The Morgan fingerprint density at radius 3 is 2.22 bits per heavy atom. The van der Waals surface area contributed by atoms with Gasteiger partial charge in [-0.15, -0.1) is 0 Å². The third-order valence-corrected chi connectivity index (χ3v) is 6.26. The molecule has 37 heavy (non-hydrogen) atoms. The van der Waals surface area contributed by atoms with E-state index in [1.165, 1.54) is 15.9 Å². The highest BCUT2D eigenvalue weighted by Crippen LogP contribution is 2.17. The molecule has 3 rings (SSSR count). The molecule has 0 aliphatic carbocycles. The SMILES string of the molecule is Cc1cc(C(=O)N(C)C)cc(C(=O)N(Cc2cc(F)cc(F)c2)CC(O)CNCc2cccc(I)c2)c1. The Balaban J connectivity index is 1.81. The van der Waals surface area contributed by atoms with Gasteiger partial charge in [-0.05, 0) is 88.7 Å². The van der Waals surface area contributed by atoms with E-state index in [0.29, 0.717) is 17.7 Å². The van der Waals surface area contributed by atoms with Crippen molar-refractivity contribution in [2.75, 3.05) is 27.2 Å². The Morgan fingerprint density at radius 1 is 0.946 bits per heavy atom. The summed E-state index contributed by atoms with van der Waals surface area (Å²) in [5, 5.41) is 13.9. The average Bonchev–Trinajstić information content (AvgIpc) is 2.81. The number of hydrogen-bond donors (Lipinski definition) is 2. The minimum Gasteiger partial charge on any atom is -0.390 e. The third-order valence-electron chi connectivity index (χ3n) is 5.59. The Morgan fingerprint density at radius 2 is 1.59 bits per heavy atom. The van der Waals surface area contributed by atoms with Crippen LogP contribution >= 0.6 is 22.6 Å². The first-order valence-electron chi connectivity index (χ1n) is 11.7. The Kier molecular flexibility index (Phi) is 10.1. The molecule has 196 valence electrons. The average molecular weight is 621 g/mol. The maximum Gasteiger partial charge on any atom is 0.254 e. The summed E-state index contributed by atoms with van der Waals surface area (Å²) in [6.07, 6.45) is -0.946. The van der Waals surface area contributed by atoms with Crippen molar-refractivity contribution in [1.82, 2.24) is 15.1 Å². The van der Waals surface area contributed by atoms with E-state index in [9.17, 15) is 23.5 Å². The van der Waals surface area contributed by atoms with Crippen molar-refractivity contribution in [2.45, 2.75) is 26.1 Å². The highest BCUT2D eigenvalue weighted by molar-refractivity contribution is 14.1. The van der Waals surface area contributed by atoms with Crippen LogP contribution in [0.3, 0.4) is 0 Å². The second kappa shape index (κ2) is 13.1. The van der Waals surface area contributed by atoms with Crippen LogP contribution in [0.2, 0.25) is 0 Å². The van der Waals surface area contributed by atoms with E-state index < -0.39 is 23.6 Å². The first kappa shape index (κ1) is 28.7. The van der Waals surface area contributed by atoms with Gasteiger partial charge in [-0.1, -0.05) is 12.1 Å². The molecule has 0 spiro atoms. The second-order valence-corrected chi connectivity index (χ2v) is 10.4. The van der Waals surface area contributed by atoms with Crippen molar-refractivity contribution in [2.24, 2.45) is 0 Å². The normalized spacial score (nSPS) is 11.8. The van der Waals surface area contributed by atoms with Crippen LogP contribution in [-0.4, -0.2) is 60.0 Å². The van der Waals surface area contributed by atoms with Gasteiger partial charge in [0.25, 0.3) is 11.8 Å². The molecule has 0 radical (unpaired) electrons. The summed E-state index contributed by atoms with van der Waals surface area (Å²) in [6, 6.07) is 15.8. The number of benzene rings is 3. The van der Waals surface area contributed by atoms with Gasteiger partial charge in [-0.25, -0.2) is 8.78 Å². The molecule has 0 bridgehead atoms. The van der Waals surface area contributed by atoms with Crippen LogP contribution in [0.5, 0.6) is 0 Å². The molecule has 0 heterocycles. The van der Waals surface area contributed by atoms with E-state index >= 15 is 0 Å². The van der Waals surface area contributed by atoms with E-state index in [0.717, 1.165) is 27.3 Å². The van der Waals surface area contributed by atoms with Gasteiger partial charge in [-0.2, -0.15) is 0 Å². The highest BCUT2D eigenvalue weighted by atomic mass is 127. The van der Waals surface area contributed by atoms with Crippen LogP contribution in [0.1, 0.15) is 37.4 Å². The molecule has 2 N–H and O–H groups in total. The van der Waals surface area contributed by atoms with Crippen molar-refractivity contribution >= 4 is 34.4 Å². The summed E-state index contributed by atoms with van der Waals surface area (Å²) in [6.45, 7) is 2.31. The number of hydrogen-bond acceptors (Lipinski definition) is 4. The van der Waals surface area contributed by atoms with Gasteiger partial charge in [-0.3, -0.25) is 9.59 Å². The van der Waals surface area contributed by atoms with Gasteiger partial charge in [0.1, 0.15) is 11.6 Å². The predicted molar refractivity (Wildman–Crippen MR) is 147 cm³/mol. The molecule has 3 aromatic carbocycles. The fraction of sp³-hybridized carbons (Fsp3) is 0.286. The highest BCUT2D eigenvalue weighted by Gasteiger charge is 2.22. The molecule has 0 aromatic heterocycles. The smallest absolute Gasteiger partial charge is 0.254 e. The minimum absolute atomic E-state index is 0.0822. The van der Waals surface area contributed by atoms with E-state index in [1.807, 2.05) is 24.3 Å². The summed E-state index contributed by atoms with van der Waals surface area (Å²) in [5.74, 6) is -2.22. The molecule has 0 saturated heterocycles. The van der Waals surface area contributed by atoms with Crippen molar-refractivity contribution in [3.63, 3.8) is 0 Å². The van der Waals surface area contributed by atoms with Crippen molar-refractivity contribution in [1.29, 1.82) is 0 Å². The van der Waals surface area contributed by atoms with Crippen LogP contribution < -0.4 is 5.32 Å². The van der Waals surface area contributed by atoms with Gasteiger partial charge in [0.15, 0.2) is 0 Å². The number of carbonyl (C=O) groups excluding carboxylic acids is 2. The molecule has 0 aliphatic heterocycles. The van der Waals surface area contributed by atoms with Crippen LogP contribution in [0.25, 0.3) is 0 Å².